The van der Waals surface area contributed by atoms with E-state index in [2.05, 4.69) is 34.3 Å². The summed E-state index contributed by atoms with van der Waals surface area (Å²) in [5.41, 5.74) is 2.06. The van der Waals surface area contributed by atoms with Crippen LogP contribution in [0.2, 0.25) is 0 Å². The minimum Gasteiger partial charge on any atom is -0.381 e. The first-order valence-corrected chi connectivity index (χ1v) is 6.40. The van der Waals surface area contributed by atoms with E-state index >= 15 is 0 Å². The maximum Gasteiger partial charge on any atom is 0.243 e. The van der Waals surface area contributed by atoms with Crippen LogP contribution in [0.5, 0.6) is 0 Å². The van der Waals surface area contributed by atoms with Gasteiger partial charge in [0, 0.05) is 19.3 Å². The van der Waals surface area contributed by atoms with E-state index < -0.39 is 0 Å². The molecule has 0 aliphatic carbocycles. The van der Waals surface area contributed by atoms with Crippen molar-refractivity contribution >= 4 is 5.95 Å². The normalized spacial score (nSPS) is 17.1. The van der Waals surface area contributed by atoms with E-state index in [0.29, 0.717) is 12.0 Å². The van der Waals surface area contributed by atoms with Gasteiger partial charge in [-0.3, -0.25) is 0 Å². The molecule has 1 fully saturated rings. The van der Waals surface area contributed by atoms with Crippen molar-refractivity contribution in [1.82, 2.24) is 15.2 Å². The Morgan fingerprint density at radius 2 is 1.82 bits per heavy atom. The zero-order valence-corrected chi connectivity index (χ0v) is 10.6. The maximum absolute atomic E-state index is 5.32. The van der Waals surface area contributed by atoms with Crippen LogP contribution in [-0.2, 0) is 17.6 Å². The topological polar surface area (TPSA) is 59.9 Å². The Morgan fingerprint density at radius 3 is 2.47 bits per heavy atom. The minimum atomic E-state index is 0.419. The molecular weight excluding hydrogens is 216 g/mol. The fourth-order valence-electron chi connectivity index (χ4n) is 2.02. The van der Waals surface area contributed by atoms with Gasteiger partial charge in [0.15, 0.2) is 0 Å². The van der Waals surface area contributed by atoms with Crippen LogP contribution in [0.25, 0.3) is 0 Å². The molecule has 0 aromatic carbocycles. The van der Waals surface area contributed by atoms with Crippen molar-refractivity contribution in [3.8, 4) is 0 Å². The first-order chi connectivity index (χ1) is 8.33. The molecule has 1 aromatic rings. The van der Waals surface area contributed by atoms with Gasteiger partial charge in [0.1, 0.15) is 0 Å². The van der Waals surface area contributed by atoms with Gasteiger partial charge in [0.05, 0.1) is 11.4 Å². The van der Waals surface area contributed by atoms with Crippen molar-refractivity contribution in [1.29, 1.82) is 0 Å². The zero-order chi connectivity index (χ0) is 12.1. The Hall–Kier alpha value is -1.23. The van der Waals surface area contributed by atoms with Crippen LogP contribution in [0, 0.1) is 0 Å². The summed E-state index contributed by atoms with van der Waals surface area (Å²) in [5, 5.41) is 11.7. The third-order valence-electron chi connectivity index (χ3n) is 3.06. The Labute approximate surface area is 102 Å². The number of rotatable bonds is 4. The Kier molecular flexibility index (Phi) is 4.25. The molecule has 1 aliphatic rings. The summed E-state index contributed by atoms with van der Waals surface area (Å²) in [4.78, 5) is 4.53. The van der Waals surface area contributed by atoms with Gasteiger partial charge >= 0.3 is 0 Å². The number of hydrogen-bond acceptors (Lipinski definition) is 5. The van der Waals surface area contributed by atoms with E-state index in [0.717, 1.165) is 50.3 Å². The van der Waals surface area contributed by atoms with Crippen LogP contribution in [0.15, 0.2) is 0 Å². The molecule has 0 amide bonds. The number of ether oxygens (including phenoxy) is 1. The number of aryl methyl sites for hydroxylation is 2. The standard InChI is InChI=1S/C12H20N4O/c1-3-10-11(4-2)15-16-12(14-10)13-9-5-7-17-8-6-9/h9H,3-8H2,1-2H3,(H,13,14,16). The summed E-state index contributed by atoms with van der Waals surface area (Å²) in [5.74, 6) is 0.658. The quantitative estimate of drug-likeness (QED) is 0.860. The van der Waals surface area contributed by atoms with Crippen molar-refractivity contribution in [3.63, 3.8) is 0 Å². The van der Waals surface area contributed by atoms with Gasteiger partial charge in [-0.25, -0.2) is 4.98 Å². The van der Waals surface area contributed by atoms with Gasteiger partial charge < -0.3 is 10.1 Å². The van der Waals surface area contributed by atoms with Crippen LogP contribution in [0.3, 0.4) is 0 Å². The molecule has 5 heteroatoms. The second kappa shape index (κ2) is 5.91. The highest BCUT2D eigenvalue weighted by molar-refractivity contribution is 5.27. The predicted molar refractivity (Wildman–Crippen MR) is 66.0 cm³/mol. The lowest BCUT2D eigenvalue weighted by atomic mass is 10.1. The number of nitrogens with zero attached hydrogens (tertiary/aromatic N) is 3. The predicted octanol–water partition coefficient (Wildman–Crippen LogP) is 1.59. The molecule has 1 aliphatic heterocycles. The molecule has 0 bridgehead atoms. The van der Waals surface area contributed by atoms with E-state index in [9.17, 15) is 0 Å². The summed E-state index contributed by atoms with van der Waals surface area (Å²) in [6.45, 7) is 5.81. The van der Waals surface area contributed by atoms with Crippen LogP contribution in [0.1, 0.15) is 38.1 Å². The first-order valence-electron chi connectivity index (χ1n) is 6.40. The number of anilines is 1. The summed E-state index contributed by atoms with van der Waals surface area (Å²) in [6.07, 6.45) is 3.82. The average molecular weight is 236 g/mol. The van der Waals surface area contributed by atoms with E-state index in [1.54, 1.807) is 0 Å². The van der Waals surface area contributed by atoms with Crippen LogP contribution < -0.4 is 5.32 Å². The molecule has 0 saturated carbocycles. The second-order valence-electron chi connectivity index (χ2n) is 4.27. The van der Waals surface area contributed by atoms with Crippen molar-refractivity contribution < 1.29 is 4.74 Å². The molecule has 0 atom stereocenters. The molecule has 0 spiro atoms. The van der Waals surface area contributed by atoms with Gasteiger partial charge in [0.2, 0.25) is 5.95 Å². The van der Waals surface area contributed by atoms with E-state index in [1.807, 2.05) is 0 Å². The number of hydrogen-bond donors (Lipinski definition) is 1. The second-order valence-corrected chi connectivity index (χ2v) is 4.27. The molecule has 2 heterocycles. The lowest BCUT2D eigenvalue weighted by molar-refractivity contribution is 0.0903. The summed E-state index contributed by atoms with van der Waals surface area (Å²) in [7, 11) is 0. The molecule has 0 unspecified atom stereocenters. The summed E-state index contributed by atoms with van der Waals surface area (Å²) >= 11 is 0. The van der Waals surface area contributed by atoms with Crippen LogP contribution in [-0.4, -0.2) is 34.4 Å². The van der Waals surface area contributed by atoms with Crippen molar-refractivity contribution in [2.45, 2.75) is 45.6 Å². The van der Waals surface area contributed by atoms with Gasteiger partial charge in [0.25, 0.3) is 0 Å². The van der Waals surface area contributed by atoms with Gasteiger partial charge in [-0.05, 0) is 25.7 Å². The van der Waals surface area contributed by atoms with Gasteiger partial charge in [-0.15, -0.1) is 5.10 Å². The van der Waals surface area contributed by atoms with E-state index in [-0.39, 0.29) is 0 Å². The summed E-state index contributed by atoms with van der Waals surface area (Å²) in [6, 6.07) is 0.419. The SMILES string of the molecule is CCc1nnc(NC2CCOCC2)nc1CC. The van der Waals surface area contributed by atoms with Gasteiger partial charge in [-0.1, -0.05) is 13.8 Å². The molecule has 2 rings (SSSR count). The molecule has 1 aromatic heterocycles. The van der Waals surface area contributed by atoms with Crippen molar-refractivity contribution in [2.24, 2.45) is 0 Å². The largest absolute Gasteiger partial charge is 0.381 e. The van der Waals surface area contributed by atoms with Crippen molar-refractivity contribution in [3.05, 3.63) is 11.4 Å². The number of aromatic nitrogens is 3. The molecular formula is C12H20N4O. The van der Waals surface area contributed by atoms with E-state index in [1.165, 1.54) is 0 Å². The Morgan fingerprint density at radius 1 is 1.12 bits per heavy atom. The number of nitrogens with one attached hydrogen (secondary N) is 1. The third kappa shape index (κ3) is 3.12. The molecule has 1 saturated heterocycles. The molecule has 0 radical (unpaired) electrons. The van der Waals surface area contributed by atoms with Crippen LogP contribution >= 0.6 is 0 Å². The highest BCUT2D eigenvalue weighted by Crippen LogP contribution is 2.12. The Bertz CT molecular complexity index is 364. The highest BCUT2D eigenvalue weighted by Gasteiger charge is 2.15. The highest BCUT2D eigenvalue weighted by atomic mass is 16.5. The lowest BCUT2D eigenvalue weighted by Gasteiger charge is -2.23. The van der Waals surface area contributed by atoms with Crippen LogP contribution in [0.4, 0.5) is 5.95 Å². The molecule has 1 N–H and O–H groups in total. The minimum absolute atomic E-state index is 0.419. The average Bonchev–Trinajstić information content (AvgIpc) is 2.40. The summed E-state index contributed by atoms with van der Waals surface area (Å²) < 4.78 is 5.32. The molecule has 94 valence electrons. The third-order valence-corrected chi connectivity index (χ3v) is 3.06. The van der Waals surface area contributed by atoms with E-state index in [4.69, 9.17) is 4.74 Å². The molecule has 5 nitrogen and oxygen atoms in total. The Balaban J connectivity index is 2.05. The fourth-order valence-corrected chi connectivity index (χ4v) is 2.02. The lowest BCUT2D eigenvalue weighted by Crippen LogP contribution is -2.29. The smallest absolute Gasteiger partial charge is 0.243 e. The first kappa shape index (κ1) is 12.2. The zero-order valence-electron chi connectivity index (χ0n) is 10.6. The molecule has 17 heavy (non-hydrogen) atoms. The van der Waals surface area contributed by atoms with Crippen molar-refractivity contribution in [2.75, 3.05) is 18.5 Å². The fraction of sp³-hybridized carbons (Fsp3) is 0.750. The monoisotopic (exact) mass is 236 g/mol. The van der Waals surface area contributed by atoms with Gasteiger partial charge in [-0.2, -0.15) is 5.10 Å². The maximum atomic E-state index is 5.32.